The van der Waals surface area contributed by atoms with E-state index in [-0.39, 0.29) is 6.09 Å². The molecule has 0 aromatic carbocycles. The number of carbonyl (C=O) groups is 1. The first kappa shape index (κ1) is 23.4. The normalized spacial score (nSPS) is 23.7. The van der Waals surface area contributed by atoms with Crippen LogP contribution in [0.3, 0.4) is 0 Å². The van der Waals surface area contributed by atoms with Crippen LogP contribution >= 0.6 is 0 Å². The molecule has 0 saturated carbocycles. The van der Waals surface area contributed by atoms with Crippen LogP contribution in [0.25, 0.3) is 0 Å². The van der Waals surface area contributed by atoms with Crippen molar-refractivity contribution in [1.82, 2.24) is 24.7 Å². The summed E-state index contributed by atoms with van der Waals surface area (Å²) >= 11 is 0. The van der Waals surface area contributed by atoms with Gasteiger partial charge in [0.2, 0.25) is 0 Å². The summed E-state index contributed by atoms with van der Waals surface area (Å²) < 4.78 is 7.74. The molecule has 8 heteroatoms. The van der Waals surface area contributed by atoms with Crippen molar-refractivity contribution in [2.45, 2.75) is 65.5 Å². The summed E-state index contributed by atoms with van der Waals surface area (Å²) in [6, 6.07) is 0.414. The van der Waals surface area contributed by atoms with Crippen LogP contribution in [0.2, 0.25) is 0 Å². The quantitative estimate of drug-likeness (QED) is 0.583. The minimum atomic E-state index is -0.445. The van der Waals surface area contributed by atoms with Crippen molar-refractivity contribution < 1.29 is 9.53 Å². The van der Waals surface area contributed by atoms with Crippen molar-refractivity contribution in [1.29, 1.82) is 0 Å². The number of piperidine rings is 2. The van der Waals surface area contributed by atoms with E-state index in [1.807, 2.05) is 38.2 Å². The Morgan fingerprint density at radius 2 is 1.90 bits per heavy atom. The number of guanidine groups is 1. The second-order valence-corrected chi connectivity index (χ2v) is 9.89. The molecule has 2 atom stereocenters. The lowest BCUT2D eigenvalue weighted by Crippen LogP contribution is -2.49. The van der Waals surface area contributed by atoms with Gasteiger partial charge in [0.15, 0.2) is 5.96 Å². The van der Waals surface area contributed by atoms with E-state index in [2.05, 4.69) is 39.8 Å². The van der Waals surface area contributed by atoms with Crippen LogP contribution < -0.4 is 5.32 Å². The molecule has 3 heterocycles. The number of carbonyl (C=O) groups excluding carboxylic acids is 1. The van der Waals surface area contributed by atoms with Crippen LogP contribution in [0, 0.1) is 11.8 Å². The van der Waals surface area contributed by atoms with Gasteiger partial charge in [-0.05, 0) is 58.8 Å². The van der Waals surface area contributed by atoms with Gasteiger partial charge in [-0.1, -0.05) is 6.92 Å². The summed E-state index contributed by atoms with van der Waals surface area (Å²) in [6.45, 7) is 15.3. The van der Waals surface area contributed by atoms with E-state index in [0.29, 0.717) is 17.9 Å². The number of rotatable bonds is 4. The molecule has 0 spiro atoms. The Kier molecular flexibility index (Phi) is 7.84. The lowest BCUT2D eigenvalue weighted by molar-refractivity contribution is 0.0187. The molecule has 1 N–H and O–H groups in total. The molecule has 31 heavy (non-hydrogen) atoms. The number of hydrogen-bond acceptors (Lipinski definition) is 4. The standard InChI is InChI=1S/C23H40N6O2/c1-6-25-21(28-11-7-18(2)20(16-28)29-14-10-24-17-29)26-15-19-8-12-27(13-9-19)22(30)31-23(3,4)5/h10,14,17-20H,6-9,11-13,15-16H2,1-5H3,(H,25,26). The first-order valence-electron chi connectivity index (χ1n) is 11.8. The number of aliphatic imine (C=N–C) groups is 1. The van der Waals surface area contributed by atoms with Crippen molar-refractivity contribution >= 4 is 12.1 Å². The molecule has 0 radical (unpaired) electrons. The van der Waals surface area contributed by atoms with Gasteiger partial charge in [0.05, 0.1) is 12.4 Å². The highest BCUT2D eigenvalue weighted by atomic mass is 16.6. The Morgan fingerprint density at radius 3 is 2.52 bits per heavy atom. The minimum absolute atomic E-state index is 0.198. The summed E-state index contributed by atoms with van der Waals surface area (Å²) in [7, 11) is 0. The van der Waals surface area contributed by atoms with Gasteiger partial charge in [0.25, 0.3) is 0 Å². The fraction of sp³-hybridized carbons (Fsp3) is 0.783. The van der Waals surface area contributed by atoms with Gasteiger partial charge in [-0.2, -0.15) is 0 Å². The summed E-state index contributed by atoms with van der Waals surface area (Å²) in [5, 5.41) is 3.49. The van der Waals surface area contributed by atoms with Gasteiger partial charge >= 0.3 is 6.09 Å². The van der Waals surface area contributed by atoms with Crippen molar-refractivity contribution in [2.24, 2.45) is 16.8 Å². The van der Waals surface area contributed by atoms with E-state index < -0.39 is 5.60 Å². The van der Waals surface area contributed by atoms with E-state index in [4.69, 9.17) is 9.73 Å². The second-order valence-electron chi connectivity index (χ2n) is 9.89. The fourth-order valence-corrected chi connectivity index (χ4v) is 4.36. The molecule has 0 bridgehead atoms. The molecule has 2 aliphatic heterocycles. The molecule has 2 unspecified atom stereocenters. The van der Waals surface area contributed by atoms with E-state index in [1.165, 1.54) is 0 Å². The Labute approximate surface area is 187 Å². The molecular formula is C23H40N6O2. The third kappa shape index (κ3) is 6.61. The molecule has 2 aliphatic rings. The topological polar surface area (TPSA) is 75.0 Å². The molecule has 1 amide bonds. The zero-order valence-corrected chi connectivity index (χ0v) is 19.9. The number of aromatic nitrogens is 2. The SMILES string of the molecule is CCNC(=NCC1CCN(C(=O)OC(C)(C)C)CC1)N1CCC(C)C(n2ccnc2)C1. The Morgan fingerprint density at radius 1 is 1.19 bits per heavy atom. The average Bonchev–Trinajstić information content (AvgIpc) is 3.25. The van der Waals surface area contributed by atoms with E-state index in [1.54, 1.807) is 0 Å². The van der Waals surface area contributed by atoms with Gasteiger partial charge in [-0.15, -0.1) is 0 Å². The molecule has 2 fully saturated rings. The van der Waals surface area contributed by atoms with Gasteiger partial charge in [0, 0.05) is 51.7 Å². The van der Waals surface area contributed by atoms with Crippen molar-refractivity contribution in [2.75, 3.05) is 39.3 Å². The monoisotopic (exact) mass is 432 g/mol. The first-order chi connectivity index (χ1) is 14.8. The summed E-state index contributed by atoms with van der Waals surface area (Å²) in [5.74, 6) is 2.13. The van der Waals surface area contributed by atoms with Gasteiger partial charge in [0.1, 0.15) is 5.60 Å². The summed E-state index contributed by atoms with van der Waals surface area (Å²) in [5.41, 5.74) is -0.445. The molecule has 8 nitrogen and oxygen atoms in total. The highest BCUT2D eigenvalue weighted by Gasteiger charge is 2.30. The van der Waals surface area contributed by atoms with Crippen molar-refractivity contribution in [3.63, 3.8) is 0 Å². The van der Waals surface area contributed by atoms with Gasteiger partial charge < -0.3 is 24.4 Å². The van der Waals surface area contributed by atoms with E-state index in [0.717, 1.165) is 64.5 Å². The summed E-state index contributed by atoms with van der Waals surface area (Å²) in [4.78, 5) is 25.7. The largest absolute Gasteiger partial charge is 0.444 e. The van der Waals surface area contributed by atoms with Gasteiger partial charge in [-0.25, -0.2) is 9.78 Å². The molecule has 2 saturated heterocycles. The van der Waals surface area contributed by atoms with Crippen LogP contribution in [0.4, 0.5) is 4.79 Å². The smallest absolute Gasteiger partial charge is 0.410 e. The average molecular weight is 433 g/mol. The number of imidazole rings is 1. The number of likely N-dealkylation sites (tertiary alicyclic amines) is 2. The first-order valence-corrected chi connectivity index (χ1v) is 11.8. The highest BCUT2D eigenvalue weighted by molar-refractivity contribution is 5.80. The number of nitrogens with one attached hydrogen (secondary N) is 1. The third-order valence-electron chi connectivity index (χ3n) is 6.23. The number of hydrogen-bond donors (Lipinski definition) is 1. The third-order valence-corrected chi connectivity index (χ3v) is 6.23. The maximum absolute atomic E-state index is 12.3. The predicted octanol–water partition coefficient (Wildman–Crippen LogP) is 3.38. The zero-order chi connectivity index (χ0) is 22.4. The summed E-state index contributed by atoms with van der Waals surface area (Å²) in [6.07, 6.45) is 8.72. The maximum Gasteiger partial charge on any atom is 0.410 e. The van der Waals surface area contributed by atoms with Crippen LogP contribution in [-0.2, 0) is 4.74 Å². The van der Waals surface area contributed by atoms with Crippen LogP contribution in [0.15, 0.2) is 23.7 Å². The van der Waals surface area contributed by atoms with Crippen molar-refractivity contribution in [3.8, 4) is 0 Å². The molecular weight excluding hydrogens is 392 g/mol. The minimum Gasteiger partial charge on any atom is -0.444 e. The fourth-order valence-electron chi connectivity index (χ4n) is 4.36. The van der Waals surface area contributed by atoms with Crippen LogP contribution in [0.5, 0.6) is 0 Å². The van der Waals surface area contributed by atoms with E-state index in [9.17, 15) is 4.79 Å². The molecule has 174 valence electrons. The molecule has 1 aromatic rings. The lowest BCUT2D eigenvalue weighted by Gasteiger charge is -2.39. The molecule has 0 aliphatic carbocycles. The number of ether oxygens (including phenoxy) is 1. The molecule has 1 aromatic heterocycles. The maximum atomic E-state index is 12.3. The van der Waals surface area contributed by atoms with E-state index >= 15 is 0 Å². The van der Waals surface area contributed by atoms with Gasteiger partial charge in [-0.3, -0.25) is 4.99 Å². The molecule has 3 rings (SSSR count). The lowest BCUT2D eigenvalue weighted by atomic mass is 9.93. The van der Waals surface area contributed by atoms with Crippen molar-refractivity contribution in [3.05, 3.63) is 18.7 Å². The predicted molar refractivity (Wildman–Crippen MR) is 123 cm³/mol. The highest BCUT2D eigenvalue weighted by Crippen LogP contribution is 2.27. The Hall–Kier alpha value is -2.25. The Bertz CT molecular complexity index is 719. The zero-order valence-electron chi connectivity index (χ0n) is 19.9. The Balaban J connectivity index is 1.55. The second kappa shape index (κ2) is 10.4. The number of nitrogens with zero attached hydrogens (tertiary/aromatic N) is 5. The number of amides is 1. The van der Waals surface area contributed by atoms with Crippen LogP contribution in [-0.4, -0.2) is 76.3 Å². The van der Waals surface area contributed by atoms with Crippen LogP contribution in [0.1, 0.15) is 59.9 Å².